The highest BCUT2D eigenvalue weighted by Gasteiger charge is 2.40. The van der Waals surface area contributed by atoms with Gasteiger partial charge in [-0.2, -0.15) is 5.26 Å². The van der Waals surface area contributed by atoms with Gasteiger partial charge in [0.25, 0.3) is 0 Å². The molecule has 0 spiro atoms. The fraction of sp³-hybridized carbons (Fsp3) is 0.750. The minimum Gasteiger partial charge on any atom is -0.381 e. The average Bonchev–Trinajstić information content (AvgIpc) is 3.20. The van der Waals surface area contributed by atoms with E-state index in [1.807, 2.05) is 0 Å². The maximum absolute atomic E-state index is 12.0. The third-order valence-electron chi connectivity index (χ3n) is 3.35. The molecule has 2 amide bonds. The monoisotopic (exact) mass is 251 g/mol. The van der Waals surface area contributed by atoms with Crippen LogP contribution in [0.4, 0.5) is 0 Å². The molecule has 6 heteroatoms. The van der Waals surface area contributed by atoms with Gasteiger partial charge in [-0.25, -0.2) is 0 Å². The first kappa shape index (κ1) is 12.8. The van der Waals surface area contributed by atoms with Gasteiger partial charge >= 0.3 is 0 Å². The van der Waals surface area contributed by atoms with Crippen molar-refractivity contribution in [2.75, 3.05) is 19.8 Å². The van der Waals surface area contributed by atoms with Crippen molar-refractivity contribution in [3.63, 3.8) is 0 Å². The number of hydrogen-bond acceptors (Lipinski definition) is 4. The largest absolute Gasteiger partial charge is 0.381 e. The molecule has 1 aliphatic carbocycles. The Kier molecular flexibility index (Phi) is 3.82. The molecule has 0 bridgehead atoms. The molecule has 98 valence electrons. The molecule has 1 saturated carbocycles. The Labute approximate surface area is 106 Å². The molecule has 0 unspecified atom stereocenters. The number of carbonyl (C=O) groups is 2. The van der Waals surface area contributed by atoms with Crippen molar-refractivity contribution in [3.05, 3.63) is 0 Å². The molecule has 0 atom stereocenters. The summed E-state index contributed by atoms with van der Waals surface area (Å²) in [6.07, 6.45) is 2.80. The first-order valence-corrected chi connectivity index (χ1v) is 6.23. The van der Waals surface area contributed by atoms with E-state index in [9.17, 15) is 9.59 Å². The van der Waals surface area contributed by atoms with Crippen LogP contribution in [0.5, 0.6) is 0 Å². The molecular weight excluding hydrogens is 234 g/mol. The summed E-state index contributed by atoms with van der Waals surface area (Å²) in [5, 5.41) is 14.5. The topological polar surface area (TPSA) is 91.2 Å². The Hall–Kier alpha value is -1.61. The van der Waals surface area contributed by atoms with Gasteiger partial charge < -0.3 is 15.4 Å². The van der Waals surface area contributed by atoms with Crippen molar-refractivity contribution in [1.82, 2.24) is 10.6 Å². The lowest BCUT2D eigenvalue weighted by molar-refractivity contribution is -0.134. The minimum absolute atomic E-state index is 0.0559. The molecule has 6 nitrogen and oxygen atoms in total. The van der Waals surface area contributed by atoms with Crippen molar-refractivity contribution in [2.45, 2.75) is 31.7 Å². The molecular formula is C12H17N3O3. The minimum atomic E-state index is -1.03. The highest BCUT2D eigenvalue weighted by molar-refractivity contribution is 5.89. The average molecular weight is 251 g/mol. The number of hydrogen-bond donors (Lipinski definition) is 2. The zero-order valence-electron chi connectivity index (χ0n) is 10.2. The van der Waals surface area contributed by atoms with Gasteiger partial charge in [-0.15, -0.1) is 0 Å². The van der Waals surface area contributed by atoms with E-state index in [0.29, 0.717) is 26.1 Å². The number of amides is 2. The van der Waals surface area contributed by atoms with Crippen LogP contribution in [0, 0.1) is 16.7 Å². The number of nitrogens with one attached hydrogen (secondary N) is 2. The van der Waals surface area contributed by atoms with E-state index in [0.717, 1.165) is 12.8 Å². The van der Waals surface area contributed by atoms with E-state index in [1.54, 1.807) is 0 Å². The van der Waals surface area contributed by atoms with Crippen molar-refractivity contribution in [2.24, 2.45) is 5.41 Å². The lowest BCUT2D eigenvalue weighted by Gasteiger charge is -2.29. The van der Waals surface area contributed by atoms with E-state index in [4.69, 9.17) is 10.00 Å². The second kappa shape index (κ2) is 5.36. The SMILES string of the molecule is N#CC1(C(=O)NCC(=O)NC2CC2)CCOCC1. The summed E-state index contributed by atoms with van der Waals surface area (Å²) in [6, 6.07) is 2.35. The number of ether oxygens (including phenoxy) is 1. The van der Waals surface area contributed by atoms with E-state index in [2.05, 4.69) is 16.7 Å². The molecule has 2 aliphatic rings. The van der Waals surface area contributed by atoms with Crippen molar-refractivity contribution < 1.29 is 14.3 Å². The fourth-order valence-electron chi connectivity index (χ4n) is 1.95. The Bertz CT molecular complexity index is 379. The van der Waals surface area contributed by atoms with Crippen molar-refractivity contribution in [3.8, 4) is 6.07 Å². The van der Waals surface area contributed by atoms with Gasteiger partial charge in [-0.3, -0.25) is 9.59 Å². The summed E-state index contributed by atoms with van der Waals surface area (Å²) < 4.78 is 5.15. The second-order valence-electron chi connectivity index (χ2n) is 4.83. The van der Waals surface area contributed by atoms with E-state index in [-0.39, 0.29) is 24.4 Å². The van der Waals surface area contributed by atoms with E-state index < -0.39 is 5.41 Å². The number of rotatable bonds is 4. The third kappa shape index (κ3) is 2.99. The van der Waals surface area contributed by atoms with Crippen LogP contribution >= 0.6 is 0 Å². The summed E-state index contributed by atoms with van der Waals surface area (Å²) in [6.45, 7) is 0.768. The van der Waals surface area contributed by atoms with Crippen LogP contribution in [0.3, 0.4) is 0 Å². The van der Waals surface area contributed by atoms with Crippen LogP contribution in [-0.4, -0.2) is 37.6 Å². The van der Waals surface area contributed by atoms with Crippen LogP contribution in [0.2, 0.25) is 0 Å². The smallest absolute Gasteiger partial charge is 0.241 e. The quantitative estimate of drug-likeness (QED) is 0.717. The van der Waals surface area contributed by atoms with Crippen LogP contribution in [0.15, 0.2) is 0 Å². The molecule has 1 aliphatic heterocycles. The summed E-state index contributed by atoms with van der Waals surface area (Å²) in [5.74, 6) is -0.551. The highest BCUT2D eigenvalue weighted by atomic mass is 16.5. The molecule has 1 saturated heterocycles. The molecule has 2 fully saturated rings. The number of nitrogens with zero attached hydrogens (tertiary/aromatic N) is 1. The highest BCUT2D eigenvalue weighted by Crippen LogP contribution is 2.29. The van der Waals surface area contributed by atoms with Crippen LogP contribution in [-0.2, 0) is 14.3 Å². The van der Waals surface area contributed by atoms with Gasteiger partial charge in [-0.1, -0.05) is 0 Å². The second-order valence-corrected chi connectivity index (χ2v) is 4.83. The van der Waals surface area contributed by atoms with Gasteiger partial charge in [0.05, 0.1) is 12.6 Å². The fourth-order valence-corrected chi connectivity index (χ4v) is 1.95. The van der Waals surface area contributed by atoms with Crippen LogP contribution in [0.1, 0.15) is 25.7 Å². The van der Waals surface area contributed by atoms with E-state index >= 15 is 0 Å². The number of nitriles is 1. The molecule has 0 aromatic heterocycles. The molecule has 2 N–H and O–H groups in total. The lowest BCUT2D eigenvalue weighted by atomic mass is 9.81. The van der Waals surface area contributed by atoms with Crippen LogP contribution < -0.4 is 10.6 Å². The summed E-state index contributed by atoms with van der Waals surface area (Å²) >= 11 is 0. The van der Waals surface area contributed by atoms with Crippen molar-refractivity contribution >= 4 is 11.8 Å². The molecule has 1 heterocycles. The van der Waals surface area contributed by atoms with Gasteiger partial charge in [0.1, 0.15) is 5.41 Å². The maximum Gasteiger partial charge on any atom is 0.241 e. The lowest BCUT2D eigenvalue weighted by Crippen LogP contribution is -2.47. The zero-order chi connectivity index (χ0) is 13.0. The Morgan fingerprint density at radius 3 is 2.56 bits per heavy atom. The molecule has 18 heavy (non-hydrogen) atoms. The van der Waals surface area contributed by atoms with Gasteiger partial charge in [0.2, 0.25) is 11.8 Å². The standard InChI is InChI=1S/C12H17N3O3/c13-8-12(3-5-18-6-4-12)11(17)14-7-10(16)15-9-1-2-9/h9H,1-7H2,(H,14,17)(H,15,16). The zero-order valence-corrected chi connectivity index (χ0v) is 10.2. The Morgan fingerprint density at radius 1 is 1.33 bits per heavy atom. The van der Waals surface area contributed by atoms with Gasteiger partial charge in [0.15, 0.2) is 0 Å². The predicted octanol–water partition coefficient (Wildman–Crippen LogP) is -0.298. The normalized spacial score (nSPS) is 21.7. The first-order chi connectivity index (χ1) is 8.66. The Balaban J connectivity index is 1.81. The van der Waals surface area contributed by atoms with Gasteiger partial charge in [0, 0.05) is 19.3 Å². The Morgan fingerprint density at radius 2 is 2.00 bits per heavy atom. The summed E-state index contributed by atoms with van der Waals surface area (Å²) in [7, 11) is 0. The third-order valence-corrected chi connectivity index (χ3v) is 3.35. The molecule has 2 rings (SSSR count). The predicted molar refractivity (Wildman–Crippen MR) is 62.3 cm³/mol. The van der Waals surface area contributed by atoms with Crippen LogP contribution in [0.25, 0.3) is 0 Å². The molecule has 0 aromatic carbocycles. The van der Waals surface area contributed by atoms with E-state index in [1.165, 1.54) is 0 Å². The number of carbonyl (C=O) groups excluding carboxylic acids is 2. The molecule has 0 radical (unpaired) electrons. The first-order valence-electron chi connectivity index (χ1n) is 6.23. The summed E-state index contributed by atoms with van der Waals surface area (Å²) in [4.78, 5) is 23.4. The maximum atomic E-state index is 12.0. The van der Waals surface area contributed by atoms with Crippen molar-refractivity contribution in [1.29, 1.82) is 5.26 Å². The summed E-state index contributed by atoms with van der Waals surface area (Å²) in [5.41, 5.74) is -1.03. The van der Waals surface area contributed by atoms with Gasteiger partial charge in [-0.05, 0) is 25.7 Å². The molecule has 0 aromatic rings.